The summed E-state index contributed by atoms with van der Waals surface area (Å²) in [6.45, 7) is 3.06. The SMILES string of the molecule is CCCCCCOCC(CO)OCn1cnc2c(=O)[nH]c(N)nc21. The number of nitrogen functional groups attached to an aromatic ring is 1. The number of hydrogen-bond donors (Lipinski definition) is 3. The van der Waals surface area contributed by atoms with E-state index in [2.05, 4.69) is 21.9 Å². The average molecular weight is 339 g/mol. The number of aromatic amines is 1. The first-order chi connectivity index (χ1) is 11.7. The van der Waals surface area contributed by atoms with E-state index in [4.69, 9.17) is 15.2 Å². The van der Waals surface area contributed by atoms with Gasteiger partial charge >= 0.3 is 0 Å². The van der Waals surface area contributed by atoms with E-state index in [-0.39, 0.29) is 24.8 Å². The van der Waals surface area contributed by atoms with Crippen molar-refractivity contribution in [3.63, 3.8) is 0 Å². The normalized spacial score (nSPS) is 12.8. The molecular formula is C15H25N5O4. The number of hydrogen-bond acceptors (Lipinski definition) is 7. The molecular weight excluding hydrogens is 314 g/mol. The Morgan fingerprint density at radius 1 is 1.42 bits per heavy atom. The quantitative estimate of drug-likeness (QED) is 0.512. The lowest BCUT2D eigenvalue weighted by molar-refractivity contribution is -0.0668. The Balaban J connectivity index is 1.84. The summed E-state index contributed by atoms with van der Waals surface area (Å²) < 4.78 is 12.7. The molecule has 9 heteroatoms. The van der Waals surface area contributed by atoms with Crippen LogP contribution in [0.2, 0.25) is 0 Å². The number of rotatable bonds is 11. The van der Waals surface area contributed by atoms with Crippen LogP contribution in [-0.4, -0.2) is 50.6 Å². The number of anilines is 1. The second kappa shape index (κ2) is 9.36. The van der Waals surface area contributed by atoms with Crippen LogP contribution < -0.4 is 11.3 Å². The van der Waals surface area contributed by atoms with Gasteiger partial charge in [-0.15, -0.1) is 0 Å². The zero-order valence-corrected chi connectivity index (χ0v) is 13.9. The van der Waals surface area contributed by atoms with E-state index in [0.717, 1.165) is 12.8 Å². The molecule has 0 spiro atoms. The van der Waals surface area contributed by atoms with Gasteiger partial charge in [0.2, 0.25) is 5.95 Å². The Kier molecular flexibility index (Phi) is 7.16. The van der Waals surface area contributed by atoms with E-state index in [9.17, 15) is 9.90 Å². The minimum absolute atomic E-state index is 0.0170. The highest BCUT2D eigenvalue weighted by atomic mass is 16.5. The number of fused-ring (bicyclic) bond motifs is 1. The lowest BCUT2D eigenvalue weighted by Gasteiger charge is -2.16. The van der Waals surface area contributed by atoms with Gasteiger partial charge < -0.3 is 20.3 Å². The first-order valence-corrected chi connectivity index (χ1v) is 8.16. The lowest BCUT2D eigenvalue weighted by atomic mass is 10.2. The van der Waals surface area contributed by atoms with E-state index in [0.29, 0.717) is 18.9 Å². The van der Waals surface area contributed by atoms with Gasteiger partial charge in [-0.25, -0.2) is 4.98 Å². The van der Waals surface area contributed by atoms with Gasteiger partial charge in [0.25, 0.3) is 5.56 Å². The Bertz CT molecular complexity index is 684. The summed E-state index contributed by atoms with van der Waals surface area (Å²) in [6, 6.07) is 0. The minimum Gasteiger partial charge on any atom is -0.394 e. The third kappa shape index (κ3) is 5.02. The number of unbranched alkanes of at least 4 members (excludes halogenated alkanes) is 3. The number of aromatic nitrogens is 4. The minimum atomic E-state index is -0.451. The van der Waals surface area contributed by atoms with Crippen molar-refractivity contribution in [3.8, 4) is 0 Å². The highest BCUT2D eigenvalue weighted by molar-refractivity contribution is 5.70. The number of nitrogens with one attached hydrogen (secondary N) is 1. The van der Waals surface area contributed by atoms with Crippen LogP contribution in [0.1, 0.15) is 32.6 Å². The number of nitrogens with zero attached hydrogens (tertiary/aromatic N) is 3. The highest BCUT2D eigenvalue weighted by Crippen LogP contribution is 2.08. The van der Waals surface area contributed by atoms with Crippen LogP contribution in [0.15, 0.2) is 11.1 Å². The Labute approximate surface area is 139 Å². The smallest absolute Gasteiger partial charge is 0.280 e. The number of ether oxygens (including phenoxy) is 2. The standard InChI is InChI=1S/C15H25N5O4/c1-2-3-4-5-6-23-8-11(7-21)24-10-20-9-17-12-13(20)18-15(16)19-14(12)22/h9,11,21H,2-8,10H2,1H3,(H3,16,18,19,22). The van der Waals surface area contributed by atoms with Crippen LogP contribution in [0.5, 0.6) is 0 Å². The van der Waals surface area contributed by atoms with E-state index < -0.39 is 11.7 Å². The Hall–Kier alpha value is -1.97. The fraction of sp³-hybridized carbons (Fsp3) is 0.667. The first kappa shape index (κ1) is 18.4. The summed E-state index contributed by atoms with van der Waals surface area (Å²) in [5.74, 6) is 0.0170. The third-order valence-corrected chi connectivity index (χ3v) is 3.59. The Morgan fingerprint density at radius 2 is 2.25 bits per heavy atom. The molecule has 0 amide bonds. The molecule has 0 aromatic carbocycles. The maximum Gasteiger partial charge on any atom is 0.280 e. The van der Waals surface area contributed by atoms with Gasteiger partial charge in [-0.05, 0) is 6.42 Å². The van der Waals surface area contributed by atoms with Gasteiger partial charge in [-0.3, -0.25) is 14.3 Å². The Morgan fingerprint density at radius 3 is 3.00 bits per heavy atom. The van der Waals surface area contributed by atoms with Crippen molar-refractivity contribution in [2.75, 3.05) is 25.6 Å². The zero-order valence-electron chi connectivity index (χ0n) is 13.9. The summed E-state index contributed by atoms with van der Waals surface area (Å²) in [5.41, 5.74) is 5.68. The molecule has 0 aliphatic heterocycles. The number of H-pyrrole nitrogens is 1. The van der Waals surface area contributed by atoms with Crippen molar-refractivity contribution in [1.82, 2.24) is 19.5 Å². The monoisotopic (exact) mass is 339 g/mol. The van der Waals surface area contributed by atoms with Crippen LogP contribution in [0.3, 0.4) is 0 Å². The molecule has 1 unspecified atom stereocenters. The molecule has 0 fully saturated rings. The molecule has 9 nitrogen and oxygen atoms in total. The van der Waals surface area contributed by atoms with Crippen molar-refractivity contribution < 1.29 is 14.6 Å². The number of aliphatic hydroxyl groups is 1. The summed E-state index contributed by atoms with van der Waals surface area (Å²) in [4.78, 5) is 22.1. The van der Waals surface area contributed by atoms with Crippen LogP contribution in [0.4, 0.5) is 5.95 Å². The maximum absolute atomic E-state index is 11.7. The van der Waals surface area contributed by atoms with Crippen LogP contribution in [0, 0.1) is 0 Å². The highest BCUT2D eigenvalue weighted by Gasteiger charge is 2.12. The molecule has 24 heavy (non-hydrogen) atoms. The second-order valence-electron chi connectivity index (χ2n) is 5.57. The van der Waals surface area contributed by atoms with Crippen LogP contribution >= 0.6 is 0 Å². The summed E-state index contributed by atoms with van der Waals surface area (Å²) >= 11 is 0. The topological polar surface area (TPSA) is 128 Å². The maximum atomic E-state index is 11.7. The van der Waals surface area contributed by atoms with Crippen molar-refractivity contribution in [2.24, 2.45) is 0 Å². The number of nitrogens with two attached hydrogens (primary N) is 1. The van der Waals surface area contributed by atoms with Crippen molar-refractivity contribution >= 4 is 17.1 Å². The molecule has 134 valence electrons. The molecule has 0 bridgehead atoms. The van der Waals surface area contributed by atoms with Crippen LogP contribution in [0.25, 0.3) is 11.2 Å². The van der Waals surface area contributed by atoms with E-state index in [1.54, 1.807) is 4.57 Å². The zero-order chi connectivity index (χ0) is 17.4. The van der Waals surface area contributed by atoms with Crippen molar-refractivity contribution in [3.05, 3.63) is 16.7 Å². The molecule has 0 saturated carbocycles. The molecule has 0 radical (unpaired) electrons. The molecule has 1 atom stereocenters. The van der Waals surface area contributed by atoms with Gasteiger partial charge in [-0.2, -0.15) is 4.98 Å². The number of imidazole rings is 1. The van der Waals surface area contributed by atoms with Gasteiger partial charge in [0.1, 0.15) is 12.8 Å². The van der Waals surface area contributed by atoms with Crippen molar-refractivity contribution in [2.45, 2.75) is 45.4 Å². The summed E-state index contributed by atoms with van der Waals surface area (Å²) in [7, 11) is 0. The molecule has 2 rings (SSSR count). The largest absolute Gasteiger partial charge is 0.394 e. The molecule has 4 N–H and O–H groups in total. The lowest BCUT2D eigenvalue weighted by Crippen LogP contribution is -2.25. The fourth-order valence-electron chi connectivity index (χ4n) is 2.25. The molecule has 0 aliphatic rings. The second-order valence-corrected chi connectivity index (χ2v) is 5.57. The van der Waals surface area contributed by atoms with E-state index >= 15 is 0 Å². The average Bonchev–Trinajstić information content (AvgIpc) is 2.96. The predicted molar refractivity (Wildman–Crippen MR) is 89.5 cm³/mol. The molecule has 0 saturated heterocycles. The molecule has 2 heterocycles. The number of aliphatic hydroxyl groups excluding tert-OH is 1. The molecule has 2 aromatic heterocycles. The van der Waals surface area contributed by atoms with E-state index in [1.165, 1.54) is 19.2 Å². The predicted octanol–water partition coefficient (Wildman–Crippen LogP) is 0.634. The first-order valence-electron chi connectivity index (χ1n) is 8.16. The van der Waals surface area contributed by atoms with Gasteiger partial charge in [0, 0.05) is 6.61 Å². The van der Waals surface area contributed by atoms with Crippen LogP contribution in [-0.2, 0) is 16.2 Å². The third-order valence-electron chi connectivity index (χ3n) is 3.59. The summed E-state index contributed by atoms with van der Waals surface area (Å²) in [5, 5.41) is 9.38. The molecule has 2 aromatic rings. The fourth-order valence-corrected chi connectivity index (χ4v) is 2.25. The van der Waals surface area contributed by atoms with Gasteiger partial charge in [0.05, 0.1) is 19.5 Å². The van der Waals surface area contributed by atoms with Gasteiger partial charge in [-0.1, -0.05) is 26.2 Å². The summed E-state index contributed by atoms with van der Waals surface area (Å²) in [6.07, 6.45) is 5.53. The van der Waals surface area contributed by atoms with Crippen molar-refractivity contribution in [1.29, 1.82) is 0 Å². The van der Waals surface area contributed by atoms with E-state index in [1.807, 2.05) is 0 Å². The van der Waals surface area contributed by atoms with Gasteiger partial charge in [0.15, 0.2) is 11.2 Å². The molecule has 0 aliphatic carbocycles.